The van der Waals surface area contributed by atoms with Gasteiger partial charge in [-0.15, -0.1) is 0 Å². The van der Waals surface area contributed by atoms with Gasteiger partial charge in [0.05, 0.1) is 17.5 Å². The number of ether oxygens (including phenoxy) is 1. The van der Waals surface area contributed by atoms with Crippen LogP contribution in [0.2, 0.25) is 5.02 Å². The summed E-state index contributed by atoms with van der Waals surface area (Å²) < 4.78 is 30.5. The molecule has 0 atom stereocenters. The van der Waals surface area contributed by atoms with Gasteiger partial charge in [-0.25, -0.2) is 8.42 Å². The minimum atomic E-state index is -3.42. The summed E-state index contributed by atoms with van der Waals surface area (Å²) in [5, 5.41) is 3.17. The van der Waals surface area contributed by atoms with Crippen LogP contribution in [0.25, 0.3) is 0 Å². The zero-order valence-corrected chi connectivity index (χ0v) is 18.1. The van der Waals surface area contributed by atoms with Crippen molar-refractivity contribution in [2.24, 2.45) is 0 Å². The second-order valence-electron chi connectivity index (χ2n) is 6.65. The number of rotatable bonds is 7. The number of nitrogens with one attached hydrogen (secondary N) is 1. The summed E-state index contributed by atoms with van der Waals surface area (Å²) in [5.74, 6) is -0.0233. The van der Waals surface area contributed by atoms with E-state index < -0.39 is 15.9 Å². The number of amides is 1. The van der Waals surface area contributed by atoms with Gasteiger partial charge in [-0.1, -0.05) is 48.0 Å². The fourth-order valence-corrected chi connectivity index (χ4v) is 3.38. The zero-order chi connectivity index (χ0) is 21.7. The summed E-state index contributed by atoms with van der Waals surface area (Å²) in [7, 11) is -1.97. The molecule has 0 heterocycles. The Morgan fingerprint density at radius 1 is 1.03 bits per heavy atom. The molecule has 0 saturated heterocycles. The predicted molar refractivity (Wildman–Crippen MR) is 120 cm³/mol. The summed E-state index contributed by atoms with van der Waals surface area (Å²) in [4.78, 5) is 12.9. The smallest absolute Gasteiger partial charge is 0.259 e. The van der Waals surface area contributed by atoms with Gasteiger partial charge in [0.15, 0.2) is 0 Å². The van der Waals surface area contributed by atoms with E-state index in [0.29, 0.717) is 28.8 Å². The molecule has 0 bridgehead atoms. The largest absolute Gasteiger partial charge is 0.488 e. The highest BCUT2D eigenvalue weighted by atomic mass is 35.5. The lowest BCUT2D eigenvalue weighted by molar-refractivity contribution is 0.102. The molecule has 1 amide bonds. The number of halogens is 1. The van der Waals surface area contributed by atoms with Crippen LogP contribution in [-0.4, -0.2) is 27.6 Å². The lowest BCUT2D eigenvalue weighted by Gasteiger charge is -2.18. The van der Waals surface area contributed by atoms with Crippen LogP contribution in [0.15, 0.2) is 72.8 Å². The Labute approximate surface area is 181 Å². The van der Waals surface area contributed by atoms with E-state index in [1.807, 2.05) is 30.3 Å². The Bertz CT molecular complexity index is 1150. The lowest BCUT2D eigenvalue weighted by Crippen LogP contribution is -2.24. The second kappa shape index (κ2) is 9.19. The first-order chi connectivity index (χ1) is 14.2. The molecule has 1 N–H and O–H groups in total. The molecule has 0 fully saturated rings. The molecular weight excluding hydrogens is 424 g/mol. The topological polar surface area (TPSA) is 75.7 Å². The Kier molecular flexibility index (Phi) is 6.64. The fourth-order valence-electron chi connectivity index (χ4n) is 2.71. The third kappa shape index (κ3) is 5.52. The first-order valence-corrected chi connectivity index (χ1v) is 11.3. The highest BCUT2D eigenvalue weighted by Gasteiger charge is 2.16. The van der Waals surface area contributed by atoms with Crippen molar-refractivity contribution >= 4 is 38.9 Å². The number of hydrogen-bond acceptors (Lipinski definition) is 4. The van der Waals surface area contributed by atoms with Gasteiger partial charge in [-0.05, 0) is 42.0 Å². The number of nitrogens with zero attached hydrogens (tertiary/aromatic N) is 1. The van der Waals surface area contributed by atoms with Crippen LogP contribution in [0.5, 0.6) is 5.75 Å². The summed E-state index contributed by atoms with van der Waals surface area (Å²) in [5.41, 5.74) is 2.12. The number of carbonyl (C=O) groups is 1. The van der Waals surface area contributed by atoms with E-state index in [-0.39, 0.29) is 5.56 Å². The lowest BCUT2D eigenvalue weighted by atomic mass is 10.1. The normalized spacial score (nSPS) is 11.0. The molecule has 0 radical (unpaired) electrons. The highest BCUT2D eigenvalue weighted by Crippen LogP contribution is 2.26. The van der Waals surface area contributed by atoms with E-state index in [4.69, 9.17) is 16.3 Å². The third-order valence-corrected chi connectivity index (χ3v) is 5.83. The molecule has 8 heteroatoms. The Balaban J connectivity index is 1.81. The first kappa shape index (κ1) is 21.7. The second-order valence-corrected chi connectivity index (χ2v) is 9.10. The molecule has 0 spiro atoms. The van der Waals surface area contributed by atoms with Crippen LogP contribution < -0.4 is 14.4 Å². The van der Waals surface area contributed by atoms with Gasteiger partial charge in [0.1, 0.15) is 12.4 Å². The van der Waals surface area contributed by atoms with Crippen molar-refractivity contribution in [2.75, 3.05) is 22.9 Å². The maximum absolute atomic E-state index is 12.9. The molecule has 0 unspecified atom stereocenters. The highest BCUT2D eigenvalue weighted by molar-refractivity contribution is 7.92. The molecule has 3 aromatic carbocycles. The van der Waals surface area contributed by atoms with Crippen LogP contribution in [0.3, 0.4) is 0 Å². The molecule has 156 valence electrons. The maximum atomic E-state index is 12.9. The molecule has 0 aromatic heterocycles. The van der Waals surface area contributed by atoms with E-state index >= 15 is 0 Å². The number of benzene rings is 3. The average Bonchev–Trinajstić information content (AvgIpc) is 2.72. The van der Waals surface area contributed by atoms with Crippen LogP contribution in [0, 0.1) is 0 Å². The number of sulfonamides is 1. The molecule has 0 saturated carbocycles. The van der Waals surface area contributed by atoms with Gasteiger partial charge in [0.25, 0.3) is 5.91 Å². The van der Waals surface area contributed by atoms with Crippen molar-refractivity contribution in [3.63, 3.8) is 0 Å². The monoisotopic (exact) mass is 444 g/mol. The van der Waals surface area contributed by atoms with Crippen LogP contribution in [0.4, 0.5) is 11.4 Å². The number of carbonyl (C=O) groups excluding carboxylic acids is 1. The predicted octanol–water partition coefficient (Wildman–Crippen LogP) is 4.57. The van der Waals surface area contributed by atoms with Crippen LogP contribution in [-0.2, 0) is 16.6 Å². The minimum absolute atomic E-state index is 0.278. The molecule has 30 heavy (non-hydrogen) atoms. The molecule has 6 nitrogen and oxygen atoms in total. The van der Waals surface area contributed by atoms with Gasteiger partial charge >= 0.3 is 0 Å². The van der Waals surface area contributed by atoms with Gasteiger partial charge in [-0.3, -0.25) is 9.10 Å². The SMILES string of the molecule is CN(c1cccc(NC(=O)c2cc(Cl)ccc2OCc2ccccc2)c1)S(C)(=O)=O. The third-order valence-electron chi connectivity index (χ3n) is 4.39. The van der Waals surface area contributed by atoms with E-state index in [9.17, 15) is 13.2 Å². The fraction of sp³-hybridized carbons (Fsp3) is 0.136. The van der Waals surface area contributed by atoms with Crippen LogP contribution >= 0.6 is 11.6 Å². The summed E-state index contributed by atoms with van der Waals surface area (Å²) in [6.07, 6.45) is 1.11. The summed E-state index contributed by atoms with van der Waals surface area (Å²) in [6.45, 7) is 0.303. The quantitative estimate of drug-likeness (QED) is 0.579. The van der Waals surface area contributed by atoms with E-state index in [2.05, 4.69) is 5.32 Å². The molecule has 0 aliphatic carbocycles. The van der Waals surface area contributed by atoms with Gasteiger partial charge in [0, 0.05) is 17.8 Å². The Morgan fingerprint density at radius 3 is 2.47 bits per heavy atom. The number of anilines is 2. The van der Waals surface area contributed by atoms with E-state index in [1.54, 1.807) is 36.4 Å². The van der Waals surface area contributed by atoms with Crippen molar-refractivity contribution in [1.29, 1.82) is 0 Å². The molecule has 0 aliphatic rings. The van der Waals surface area contributed by atoms with E-state index in [0.717, 1.165) is 16.1 Å². The van der Waals surface area contributed by atoms with Gasteiger partial charge in [0.2, 0.25) is 10.0 Å². The standard InChI is InChI=1S/C22H21ClN2O4S/c1-25(30(2,27)28)19-10-6-9-18(14-19)24-22(26)20-13-17(23)11-12-21(20)29-15-16-7-4-3-5-8-16/h3-14H,15H2,1-2H3,(H,24,26). The Morgan fingerprint density at radius 2 is 1.77 bits per heavy atom. The maximum Gasteiger partial charge on any atom is 0.259 e. The Hall–Kier alpha value is -3.03. The van der Waals surface area contributed by atoms with Gasteiger partial charge in [-0.2, -0.15) is 0 Å². The molecular formula is C22H21ClN2O4S. The van der Waals surface area contributed by atoms with Crippen molar-refractivity contribution in [2.45, 2.75) is 6.61 Å². The van der Waals surface area contributed by atoms with Crippen molar-refractivity contribution in [3.05, 3.63) is 88.9 Å². The summed E-state index contributed by atoms with van der Waals surface area (Å²) in [6, 6.07) is 21.0. The average molecular weight is 445 g/mol. The van der Waals surface area contributed by atoms with Crippen molar-refractivity contribution < 1.29 is 17.9 Å². The molecule has 0 aliphatic heterocycles. The van der Waals surface area contributed by atoms with E-state index in [1.165, 1.54) is 13.1 Å². The van der Waals surface area contributed by atoms with Crippen molar-refractivity contribution in [3.8, 4) is 5.75 Å². The molecule has 3 rings (SSSR count). The van der Waals surface area contributed by atoms with Crippen molar-refractivity contribution in [1.82, 2.24) is 0 Å². The molecule has 3 aromatic rings. The minimum Gasteiger partial charge on any atom is -0.488 e. The van der Waals surface area contributed by atoms with Gasteiger partial charge < -0.3 is 10.1 Å². The first-order valence-electron chi connectivity index (χ1n) is 9.05. The zero-order valence-electron chi connectivity index (χ0n) is 16.5. The van der Waals surface area contributed by atoms with Crippen LogP contribution in [0.1, 0.15) is 15.9 Å². The number of hydrogen-bond donors (Lipinski definition) is 1. The summed E-state index contributed by atoms with van der Waals surface area (Å²) >= 11 is 6.09.